The van der Waals surface area contributed by atoms with Crippen LogP contribution in [0.15, 0.2) is 6.07 Å². The number of carboxylic acids is 1. The highest BCUT2D eigenvalue weighted by atomic mass is 32.1. The summed E-state index contributed by atoms with van der Waals surface area (Å²) < 4.78 is 0.165. The molecule has 0 amide bonds. The summed E-state index contributed by atoms with van der Waals surface area (Å²) in [7, 11) is 0. The smallest absolute Gasteiger partial charge is 0.352 e. The van der Waals surface area contributed by atoms with Crippen molar-refractivity contribution in [2.24, 2.45) is 0 Å². The summed E-state index contributed by atoms with van der Waals surface area (Å²) >= 11 is 4.63. The first-order valence-electron chi connectivity index (χ1n) is 2.70. The summed E-state index contributed by atoms with van der Waals surface area (Å²) in [6.45, 7) is 0. The number of aromatic nitrogens is 2. The van der Waals surface area contributed by atoms with Crippen molar-refractivity contribution in [3.05, 3.63) is 16.4 Å². The van der Waals surface area contributed by atoms with Gasteiger partial charge in [-0.1, -0.05) is 12.2 Å². The lowest BCUT2D eigenvalue weighted by Crippen LogP contribution is -2.04. The van der Waals surface area contributed by atoms with Gasteiger partial charge in [0.15, 0.2) is 5.95 Å². The van der Waals surface area contributed by atoms with E-state index in [2.05, 4.69) is 22.2 Å². The Labute approximate surface area is 66.9 Å². The fourth-order valence-electron chi connectivity index (χ4n) is 0.592. The highest BCUT2D eigenvalue weighted by molar-refractivity contribution is 7.71. The van der Waals surface area contributed by atoms with Gasteiger partial charge in [-0.15, -0.1) is 0 Å². The number of rotatable bonds is 1. The van der Waals surface area contributed by atoms with Crippen LogP contribution in [0.4, 0.5) is 5.95 Å². The highest BCUT2D eigenvalue weighted by Crippen LogP contribution is 1.97. The number of nitrogens with zero attached hydrogens (tertiary/aromatic N) is 1. The maximum absolute atomic E-state index is 10.3. The molecule has 1 aromatic rings. The lowest BCUT2D eigenvalue weighted by atomic mass is 10.4. The Morgan fingerprint density at radius 1 is 1.82 bits per heavy atom. The van der Waals surface area contributed by atoms with Crippen LogP contribution in [0.3, 0.4) is 0 Å². The molecule has 1 aromatic heterocycles. The highest BCUT2D eigenvalue weighted by Gasteiger charge is 2.02. The van der Waals surface area contributed by atoms with Crippen molar-refractivity contribution in [3.8, 4) is 0 Å². The Morgan fingerprint density at radius 2 is 2.45 bits per heavy atom. The molecule has 0 radical (unpaired) electrons. The van der Waals surface area contributed by atoms with E-state index in [1.54, 1.807) is 0 Å². The fraction of sp³-hybridized carbons (Fsp3) is 0. The van der Waals surface area contributed by atoms with E-state index in [1.165, 1.54) is 6.07 Å². The van der Waals surface area contributed by atoms with Gasteiger partial charge in [-0.3, -0.25) is 0 Å². The zero-order valence-corrected chi connectivity index (χ0v) is 6.18. The van der Waals surface area contributed by atoms with Crippen molar-refractivity contribution in [1.82, 2.24) is 9.97 Å². The van der Waals surface area contributed by atoms with Gasteiger partial charge in [0.2, 0.25) is 0 Å². The van der Waals surface area contributed by atoms with Gasteiger partial charge in [0.1, 0.15) is 10.3 Å². The first-order valence-corrected chi connectivity index (χ1v) is 3.10. The van der Waals surface area contributed by atoms with Gasteiger partial charge >= 0.3 is 5.97 Å². The number of nitrogens with two attached hydrogens (primary N) is 1. The quantitative estimate of drug-likeness (QED) is 0.532. The van der Waals surface area contributed by atoms with Crippen molar-refractivity contribution >= 4 is 24.1 Å². The van der Waals surface area contributed by atoms with E-state index in [-0.39, 0.29) is 16.3 Å². The molecule has 6 heteroatoms. The van der Waals surface area contributed by atoms with E-state index in [1.807, 2.05) is 0 Å². The zero-order chi connectivity index (χ0) is 8.43. The number of carboxylic acid groups (broad SMARTS) is 1. The lowest BCUT2D eigenvalue weighted by molar-refractivity contribution is 0.0690. The van der Waals surface area contributed by atoms with Gasteiger partial charge in [-0.05, 0) is 0 Å². The fourth-order valence-corrected chi connectivity index (χ4v) is 0.808. The minimum atomic E-state index is -1.11. The number of aromatic carboxylic acids is 1. The van der Waals surface area contributed by atoms with Crippen LogP contribution in [-0.4, -0.2) is 21.0 Å². The van der Waals surface area contributed by atoms with Crippen LogP contribution in [0.5, 0.6) is 0 Å². The van der Waals surface area contributed by atoms with Crippen LogP contribution in [0, 0.1) is 4.64 Å². The number of hydrogen-bond acceptors (Lipinski definition) is 4. The van der Waals surface area contributed by atoms with E-state index < -0.39 is 5.97 Å². The molecule has 58 valence electrons. The molecule has 0 aliphatic rings. The Hall–Kier alpha value is -1.43. The van der Waals surface area contributed by atoms with Crippen LogP contribution >= 0.6 is 12.2 Å². The average molecular weight is 171 g/mol. The summed E-state index contributed by atoms with van der Waals surface area (Å²) in [5, 5.41) is 8.47. The Bertz CT molecular complexity index is 346. The topological polar surface area (TPSA) is 92.0 Å². The molecule has 0 bridgehead atoms. The lowest BCUT2D eigenvalue weighted by Gasteiger charge is -1.95. The van der Waals surface area contributed by atoms with Crippen molar-refractivity contribution in [2.45, 2.75) is 0 Å². The summed E-state index contributed by atoms with van der Waals surface area (Å²) in [5.74, 6) is -1.10. The second-order valence-electron chi connectivity index (χ2n) is 1.82. The Kier molecular flexibility index (Phi) is 1.86. The molecule has 5 nitrogen and oxygen atoms in total. The van der Waals surface area contributed by atoms with E-state index in [4.69, 9.17) is 10.8 Å². The molecule has 0 aromatic carbocycles. The van der Waals surface area contributed by atoms with Gasteiger partial charge in [-0.25, -0.2) is 9.78 Å². The number of aromatic amines is 1. The molecule has 0 saturated heterocycles. The Balaban J connectivity index is 3.30. The van der Waals surface area contributed by atoms with Crippen LogP contribution < -0.4 is 5.73 Å². The minimum absolute atomic E-state index is 0.00917. The SMILES string of the molecule is Nc1nc(=S)cc(C(=O)O)[nH]1. The van der Waals surface area contributed by atoms with E-state index in [9.17, 15) is 4.79 Å². The average Bonchev–Trinajstić information content (AvgIpc) is 1.85. The second kappa shape index (κ2) is 2.67. The normalized spacial score (nSPS) is 9.45. The van der Waals surface area contributed by atoms with Crippen molar-refractivity contribution in [2.75, 3.05) is 5.73 Å². The van der Waals surface area contributed by atoms with Gasteiger partial charge in [0.25, 0.3) is 0 Å². The molecule has 0 aliphatic heterocycles. The number of nitrogens with one attached hydrogen (secondary N) is 1. The van der Waals surface area contributed by atoms with E-state index in [0.717, 1.165) is 0 Å². The number of nitrogen functional groups attached to an aromatic ring is 1. The molecule has 0 saturated carbocycles. The number of carbonyl (C=O) groups is 1. The summed E-state index contributed by atoms with van der Waals surface area (Å²) in [4.78, 5) is 16.3. The van der Waals surface area contributed by atoms with Gasteiger partial charge in [0, 0.05) is 6.07 Å². The molecule has 0 unspecified atom stereocenters. The monoisotopic (exact) mass is 171 g/mol. The molecule has 1 rings (SSSR count). The third-order valence-corrected chi connectivity index (χ3v) is 1.20. The molecule has 4 N–H and O–H groups in total. The molecule has 0 aliphatic carbocycles. The molecule has 11 heavy (non-hydrogen) atoms. The predicted molar refractivity (Wildman–Crippen MR) is 40.8 cm³/mol. The molecular weight excluding hydrogens is 166 g/mol. The molecule has 1 heterocycles. The van der Waals surface area contributed by atoms with E-state index in [0.29, 0.717) is 0 Å². The zero-order valence-electron chi connectivity index (χ0n) is 5.37. The van der Waals surface area contributed by atoms with Crippen molar-refractivity contribution in [1.29, 1.82) is 0 Å². The number of H-pyrrole nitrogens is 1. The largest absolute Gasteiger partial charge is 0.477 e. The van der Waals surface area contributed by atoms with Crippen LogP contribution in [-0.2, 0) is 0 Å². The first kappa shape index (κ1) is 7.67. The molecule has 0 spiro atoms. The van der Waals surface area contributed by atoms with Crippen molar-refractivity contribution < 1.29 is 9.90 Å². The first-order chi connectivity index (χ1) is 5.09. The number of hydrogen-bond donors (Lipinski definition) is 3. The standard InChI is InChI=1S/C5H5N3O2S/c6-5-7-2(4(9)10)1-3(11)8-5/h1H,(H,9,10)(H3,6,7,8,11). The van der Waals surface area contributed by atoms with Gasteiger partial charge in [0.05, 0.1) is 0 Å². The molecule has 0 fully saturated rings. The van der Waals surface area contributed by atoms with E-state index >= 15 is 0 Å². The third kappa shape index (κ3) is 1.74. The van der Waals surface area contributed by atoms with Crippen LogP contribution in [0.25, 0.3) is 0 Å². The molecule has 0 atom stereocenters. The maximum atomic E-state index is 10.3. The van der Waals surface area contributed by atoms with Crippen LogP contribution in [0.1, 0.15) is 10.5 Å². The maximum Gasteiger partial charge on any atom is 0.352 e. The predicted octanol–water partition coefficient (Wildman–Crippen LogP) is 0.420. The second-order valence-corrected chi connectivity index (χ2v) is 2.24. The Morgan fingerprint density at radius 3 is 2.91 bits per heavy atom. The minimum Gasteiger partial charge on any atom is -0.477 e. The number of anilines is 1. The third-order valence-electron chi connectivity index (χ3n) is 0.992. The molecular formula is C5H5N3O2S. The van der Waals surface area contributed by atoms with Crippen LogP contribution in [0.2, 0.25) is 0 Å². The summed E-state index contributed by atoms with van der Waals surface area (Å²) in [6, 6.07) is 1.23. The summed E-state index contributed by atoms with van der Waals surface area (Å²) in [5.41, 5.74) is 5.15. The van der Waals surface area contributed by atoms with Crippen molar-refractivity contribution in [3.63, 3.8) is 0 Å². The summed E-state index contributed by atoms with van der Waals surface area (Å²) in [6.07, 6.45) is 0. The van der Waals surface area contributed by atoms with Gasteiger partial charge in [-0.2, -0.15) is 0 Å². The van der Waals surface area contributed by atoms with Gasteiger partial charge < -0.3 is 15.8 Å².